The molecule has 0 fully saturated rings. The van der Waals surface area contributed by atoms with Crippen molar-refractivity contribution >= 4 is 39.1 Å². The zero-order valence-electron chi connectivity index (χ0n) is 16.1. The summed E-state index contributed by atoms with van der Waals surface area (Å²) < 4.78 is 28.1. The monoisotopic (exact) mass is 480 g/mol. The highest BCUT2D eigenvalue weighted by Crippen LogP contribution is 2.17. The maximum Gasteiger partial charge on any atom is 0.291 e. The number of rotatable bonds is 8. The van der Waals surface area contributed by atoms with Crippen LogP contribution in [-0.2, 0) is 21.2 Å². The first-order valence-corrected chi connectivity index (χ1v) is 11.4. The smallest absolute Gasteiger partial charge is 0.291 e. The lowest BCUT2D eigenvalue weighted by Gasteiger charge is -2.09. The van der Waals surface area contributed by atoms with Crippen LogP contribution in [0.1, 0.15) is 5.56 Å². The standard InChI is InChI=1S/C20H18Cl2N4O4S/c21-17-12-24-26(20(28)19(17)22)15-6-8-16(9-7-15)31(29,30)25-13-18(27)23-11-10-14-4-2-1-3-5-14/h1-9,12,25H,10-11,13H2,(H,23,27). The molecule has 0 spiro atoms. The van der Waals surface area contributed by atoms with E-state index in [1.165, 1.54) is 30.5 Å². The number of aromatic nitrogens is 2. The van der Waals surface area contributed by atoms with Crippen molar-refractivity contribution in [1.82, 2.24) is 19.8 Å². The molecule has 1 aromatic heterocycles. The number of nitrogens with one attached hydrogen (secondary N) is 2. The van der Waals surface area contributed by atoms with Crippen molar-refractivity contribution in [2.75, 3.05) is 13.1 Å². The van der Waals surface area contributed by atoms with Gasteiger partial charge >= 0.3 is 0 Å². The maximum absolute atomic E-state index is 12.4. The average Bonchev–Trinajstić information content (AvgIpc) is 2.77. The zero-order valence-corrected chi connectivity index (χ0v) is 18.4. The molecule has 0 saturated carbocycles. The van der Waals surface area contributed by atoms with Gasteiger partial charge in [0, 0.05) is 6.54 Å². The Balaban J connectivity index is 1.58. The molecule has 2 N–H and O–H groups in total. The van der Waals surface area contributed by atoms with Crippen molar-refractivity contribution in [3.05, 3.63) is 86.8 Å². The van der Waals surface area contributed by atoms with Crippen LogP contribution in [0.4, 0.5) is 0 Å². The lowest BCUT2D eigenvalue weighted by molar-refractivity contribution is -0.119. The van der Waals surface area contributed by atoms with E-state index in [1.54, 1.807) is 0 Å². The minimum atomic E-state index is -3.92. The summed E-state index contributed by atoms with van der Waals surface area (Å²) in [5, 5.41) is 6.38. The lowest BCUT2D eigenvalue weighted by Crippen LogP contribution is -2.37. The minimum Gasteiger partial charge on any atom is -0.355 e. The van der Waals surface area contributed by atoms with Crippen molar-refractivity contribution in [2.24, 2.45) is 0 Å². The van der Waals surface area contributed by atoms with E-state index in [-0.39, 0.29) is 14.9 Å². The summed E-state index contributed by atoms with van der Waals surface area (Å²) in [5.74, 6) is -0.442. The quantitative estimate of drug-likeness (QED) is 0.513. The van der Waals surface area contributed by atoms with E-state index in [4.69, 9.17) is 23.2 Å². The second kappa shape index (κ2) is 10.1. The molecule has 162 valence electrons. The zero-order chi connectivity index (χ0) is 22.4. The van der Waals surface area contributed by atoms with Gasteiger partial charge in [0.15, 0.2) is 0 Å². The molecule has 2 aromatic carbocycles. The number of benzene rings is 2. The molecule has 8 nitrogen and oxygen atoms in total. The van der Waals surface area contributed by atoms with E-state index < -0.39 is 28.0 Å². The van der Waals surface area contributed by atoms with Gasteiger partial charge in [-0.15, -0.1) is 0 Å². The number of hydrogen-bond acceptors (Lipinski definition) is 5. The molecule has 11 heteroatoms. The highest BCUT2D eigenvalue weighted by atomic mass is 35.5. The van der Waals surface area contributed by atoms with Crippen molar-refractivity contribution < 1.29 is 13.2 Å². The molecular weight excluding hydrogens is 463 g/mol. The topological polar surface area (TPSA) is 110 Å². The Hall–Kier alpha value is -2.72. The molecule has 1 amide bonds. The fourth-order valence-electron chi connectivity index (χ4n) is 2.66. The Bertz CT molecular complexity index is 1230. The Morgan fingerprint density at radius 2 is 1.71 bits per heavy atom. The first kappa shape index (κ1) is 23.0. The second-order valence-electron chi connectivity index (χ2n) is 6.43. The third kappa shape index (κ3) is 5.92. The summed E-state index contributed by atoms with van der Waals surface area (Å²) in [5.41, 5.74) is 0.746. The van der Waals surface area contributed by atoms with Crippen molar-refractivity contribution in [2.45, 2.75) is 11.3 Å². The van der Waals surface area contributed by atoms with Crippen LogP contribution in [-0.4, -0.2) is 37.2 Å². The fourth-order valence-corrected chi connectivity index (χ4v) is 3.90. The van der Waals surface area contributed by atoms with Crippen LogP contribution in [0, 0.1) is 0 Å². The Kier molecular flexibility index (Phi) is 7.45. The fraction of sp³-hybridized carbons (Fsp3) is 0.150. The van der Waals surface area contributed by atoms with Crippen molar-refractivity contribution in [3.63, 3.8) is 0 Å². The molecule has 0 radical (unpaired) electrons. The van der Waals surface area contributed by atoms with E-state index in [1.807, 2.05) is 30.3 Å². The van der Waals surface area contributed by atoms with Gasteiger partial charge in [-0.1, -0.05) is 53.5 Å². The summed E-state index contributed by atoms with van der Waals surface area (Å²) >= 11 is 11.6. The van der Waals surface area contributed by atoms with Crippen LogP contribution in [0.15, 0.2) is 70.5 Å². The number of carbonyl (C=O) groups excluding carboxylic acids is 1. The summed E-state index contributed by atoms with van der Waals surface area (Å²) in [7, 11) is -3.92. The van der Waals surface area contributed by atoms with Gasteiger partial charge in [-0.2, -0.15) is 9.78 Å². The molecule has 31 heavy (non-hydrogen) atoms. The summed E-state index contributed by atoms with van der Waals surface area (Å²) in [6, 6.07) is 15.0. The first-order valence-electron chi connectivity index (χ1n) is 9.12. The third-order valence-electron chi connectivity index (χ3n) is 4.27. The van der Waals surface area contributed by atoms with Gasteiger partial charge in [-0.3, -0.25) is 9.59 Å². The number of amides is 1. The molecule has 1 heterocycles. The number of hydrogen-bond donors (Lipinski definition) is 2. The average molecular weight is 481 g/mol. The SMILES string of the molecule is O=C(CNS(=O)(=O)c1ccc(-n2ncc(Cl)c(Cl)c2=O)cc1)NCCc1ccccc1. The molecule has 0 unspecified atom stereocenters. The van der Waals surface area contributed by atoms with E-state index >= 15 is 0 Å². The summed E-state index contributed by atoms with van der Waals surface area (Å²) in [4.78, 5) is 24.0. The van der Waals surface area contributed by atoms with Crippen LogP contribution in [0.25, 0.3) is 5.69 Å². The normalized spacial score (nSPS) is 11.3. The number of carbonyl (C=O) groups is 1. The predicted molar refractivity (Wildman–Crippen MR) is 118 cm³/mol. The molecular formula is C20H18Cl2N4O4S. The summed E-state index contributed by atoms with van der Waals surface area (Å²) in [6.07, 6.45) is 1.86. The minimum absolute atomic E-state index is 0.0216. The van der Waals surface area contributed by atoms with Crippen LogP contribution >= 0.6 is 23.2 Å². The Morgan fingerprint density at radius 1 is 1.03 bits per heavy atom. The van der Waals surface area contributed by atoms with Crippen molar-refractivity contribution in [3.8, 4) is 5.69 Å². The maximum atomic E-state index is 12.4. The number of halogens is 2. The molecule has 0 saturated heterocycles. The summed E-state index contributed by atoms with van der Waals surface area (Å²) in [6.45, 7) is -0.00262. The van der Waals surface area contributed by atoms with Gasteiger partial charge in [0.1, 0.15) is 5.02 Å². The molecule has 0 bridgehead atoms. The first-order chi connectivity index (χ1) is 14.8. The molecule has 3 aromatic rings. The van der Waals surface area contributed by atoms with Gasteiger partial charge in [0.2, 0.25) is 15.9 Å². The van der Waals surface area contributed by atoms with E-state index in [2.05, 4.69) is 15.1 Å². The van der Waals surface area contributed by atoms with Crippen LogP contribution in [0.2, 0.25) is 10.0 Å². The Morgan fingerprint density at radius 3 is 2.39 bits per heavy atom. The largest absolute Gasteiger partial charge is 0.355 e. The third-order valence-corrected chi connectivity index (χ3v) is 6.44. The van der Waals surface area contributed by atoms with Gasteiger partial charge < -0.3 is 5.32 Å². The van der Waals surface area contributed by atoms with Crippen molar-refractivity contribution in [1.29, 1.82) is 0 Å². The highest BCUT2D eigenvalue weighted by Gasteiger charge is 2.16. The molecule has 0 aliphatic carbocycles. The molecule has 0 aliphatic rings. The van der Waals surface area contributed by atoms with Gasteiger partial charge in [0.05, 0.1) is 28.3 Å². The Labute approximate surface area is 188 Å². The second-order valence-corrected chi connectivity index (χ2v) is 8.98. The number of nitrogens with zero attached hydrogens (tertiary/aromatic N) is 2. The molecule has 3 rings (SSSR count). The number of sulfonamides is 1. The van der Waals surface area contributed by atoms with Gasteiger partial charge in [-0.05, 0) is 36.2 Å². The van der Waals surface area contributed by atoms with E-state index in [0.29, 0.717) is 18.7 Å². The van der Waals surface area contributed by atoms with Gasteiger partial charge in [-0.25, -0.2) is 13.1 Å². The van der Waals surface area contributed by atoms with E-state index in [0.717, 1.165) is 10.2 Å². The van der Waals surface area contributed by atoms with E-state index in [9.17, 15) is 18.0 Å². The highest BCUT2D eigenvalue weighted by molar-refractivity contribution is 7.89. The lowest BCUT2D eigenvalue weighted by atomic mass is 10.1. The molecule has 0 aliphatic heterocycles. The van der Waals surface area contributed by atoms with Gasteiger partial charge in [0.25, 0.3) is 5.56 Å². The predicted octanol–water partition coefficient (Wildman–Crippen LogP) is 2.18. The van der Waals surface area contributed by atoms with Crippen LogP contribution in [0.5, 0.6) is 0 Å². The van der Waals surface area contributed by atoms with Crippen LogP contribution < -0.4 is 15.6 Å². The van der Waals surface area contributed by atoms with Crippen LogP contribution in [0.3, 0.4) is 0 Å². The molecule has 0 atom stereocenters.